The van der Waals surface area contributed by atoms with Crippen molar-refractivity contribution < 1.29 is 4.74 Å². The minimum atomic E-state index is 0.890. The summed E-state index contributed by atoms with van der Waals surface area (Å²) in [4.78, 5) is 0. The van der Waals surface area contributed by atoms with Gasteiger partial charge in [-0.2, -0.15) is 0 Å². The van der Waals surface area contributed by atoms with Crippen molar-refractivity contribution in [1.29, 1.82) is 0 Å². The van der Waals surface area contributed by atoms with Crippen LogP contribution in [0.15, 0.2) is 11.3 Å². The first-order chi connectivity index (χ1) is 6.18. The van der Waals surface area contributed by atoms with Crippen LogP contribution in [0.5, 0.6) is 0 Å². The zero-order valence-electron chi connectivity index (χ0n) is 9.65. The van der Waals surface area contributed by atoms with Crippen molar-refractivity contribution >= 4 is 0 Å². The number of hydrogen-bond donors (Lipinski definition) is 0. The van der Waals surface area contributed by atoms with Gasteiger partial charge in [0.05, 0.1) is 12.4 Å². The molecule has 0 N–H and O–H groups in total. The SMILES string of the molecule is CCCCCCCOC(C)=C(C)C. The maximum Gasteiger partial charge on any atom is 0.0915 e. The van der Waals surface area contributed by atoms with Crippen molar-refractivity contribution in [3.05, 3.63) is 11.3 Å². The van der Waals surface area contributed by atoms with Crippen molar-refractivity contribution in [2.24, 2.45) is 0 Å². The fourth-order valence-corrected chi connectivity index (χ4v) is 1.08. The van der Waals surface area contributed by atoms with Gasteiger partial charge in [0.1, 0.15) is 0 Å². The van der Waals surface area contributed by atoms with Crippen molar-refractivity contribution in [2.45, 2.75) is 59.8 Å². The molecule has 0 bridgehead atoms. The number of unbranched alkanes of at least 4 members (excludes halogenated alkanes) is 4. The lowest BCUT2D eigenvalue weighted by molar-refractivity contribution is 0.203. The van der Waals surface area contributed by atoms with Gasteiger partial charge in [-0.25, -0.2) is 0 Å². The first kappa shape index (κ1) is 12.5. The largest absolute Gasteiger partial charge is 0.498 e. The summed E-state index contributed by atoms with van der Waals surface area (Å²) >= 11 is 0. The third kappa shape index (κ3) is 7.89. The van der Waals surface area contributed by atoms with Crippen LogP contribution in [0.3, 0.4) is 0 Å². The van der Waals surface area contributed by atoms with Crippen LogP contribution in [0, 0.1) is 0 Å². The Labute approximate surface area is 83.2 Å². The number of rotatable bonds is 7. The van der Waals surface area contributed by atoms with Crippen molar-refractivity contribution in [3.8, 4) is 0 Å². The normalized spacial score (nSPS) is 9.85. The van der Waals surface area contributed by atoms with E-state index < -0.39 is 0 Å². The van der Waals surface area contributed by atoms with E-state index in [0.29, 0.717) is 0 Å². The molecule has 1 nitrogen and oxygen atoms in total. The van der Waals surface area contributed by atoms with Gasteiger partial charge in [-0.3, -0.25) is 0 Å². The molecule has 0 fully saturated rings. The third-order valence-electron chi connectivity index (χ3n) is 2.27. The predicted molar refractivity (Wildman–Crippen MR) is 58.8 cm³/mol. The molecular formula is C12H24O. The Kier molecular flexibility index (Phi) is 7.86. The first-order valence-corrected chi connectivity index (χ1v) is 5.45. The van der Waals surface area contributed by atoms with Gasteiger partial charge in [0, 0.05) is 0 Å². The standard InChI is InChI=1S/C12H24O/c1-5-6-7-8-9-10-13-12(4)11(2)3/h5-10H2,1-4H3. The second-order valence-corrected chi connectivity index (χ2v) is 3.82. The topological polar surface area (TPSA) is 9.23 Å². The molecule has 0 aromatic carbocycles. The van der Waals surface area contributed by atoms with E-state index in [4.69, 9.17) is 4.74 Å². The second-order valence-electron chi connectivity index (χ2n) is 3.82. The molecule has 78 valence electrons. The highest BCUT2D eigenvalue weighted by Crippen LogP contribution is 2.07. The van der Waals surface area contributed by atoms with Crippen LogP contribution in [-0.2, 0) is 4.74 Å². The number of ether oxygens (including phenoxy) is 1. The summed E-state index contributed by atoms with van der Waals surface area (Å²) in [5.41, 5.74) is 1.29. The van der Waals surface area contributed by atoms with Gasteiger partial charge in [-0.1, -0.05) is 32.6 Å². The summed E-state index contributed by atoms with van der Waals surface area (Å²) in [6.45, 7) is 9.35. The molecular weight excluding hydrogens is 160 g/mol. The summed E-state index contributed by atoms with van der Waals surface area (Å²) in [6, 6.07) is 0. The molecule has 0 spiro atoms. The van der Waals surface area contributed by atoms with Crippen LogP contribution < -0.4 is 0 Å². The van der Waals surface area contributed by atoms with Crippen molar-refractivity contribution in [1.82, 2.24) is 0 Å². The molecule has 0 aromatic heterocycles. The molecule has 0 rings (SSSR count). The molecule has 0 saturated heterocycles. The summed E-state index contributed by atoms with van der Waals surface area (Å²) < 4.78 is 5.56. The number of allylic oxidation sites excluding steroid dienone is 2. The minimum absolute atomic E-state index is 0.890. The van der Waals surface area contributed by atoms with Gasteiger partial charge in [0.15, 0.2) is 0 Å². The van der Waals surface area contributed by atoms with E-state index in [1.807, 2.05) is 6.92 Å². The smallest absolute Gasteiger partial charge is 0.0915 e. The van der Waals surface area contributed by atoms with E-state index in [1.165, 1.54) is 37.7 Å². The maximum atomic E-state index is 5.56. The van der Waals surface area contributed by atoms with E-state index in [-0.39, 0.29) is 0 Å². The maximum absolute atomic E-state index is 5.56. The lowest BCUT2D eigenvalue weighted by Crippen LogP contribution is -1.93. The molecule has 0 aromatic rings. The summed E-state index contributed by atoms with van der Waals surface area (Å²) in [6.07, 6.45) is 6.54. The first-order valence-electron chi connectivity index (χ1n) is 5.45. The summed E-state index contributed by atoms with van der Waals surface area (Å²) in [5, 5.41) is 0. The Morgan fingerprint density at radius 1 is 0.923 bits per heavy atom. The molecule has 0 aliphatic carbocycles. The highest BCUT2D eigenvalue weighted by Gasteiger charge is 1.93. The summed E-state index contributed by atoms with van der Waals surface area (Å²) in [5.74, 6) is 1.09. The molecule has 0 heterocycles. The van der Waals surface area contributed by atoms with Crippen LogP contribution in [0.1, 0.15) is 59.8 Å². The fraction of sp³-hybridized carbons (Fsp3) is 0.833. The van der Waals surface area contributed by atoms with Crippen LogP contribution in [0.4, 0.5) is 0 Å². The zero-order valence-corrected chi connectivity index (χ0v) is 9.65. The highest BCUT2D eigenvalue weighted by atomic mass is 16.5. The monoisotopic (exact) mass is 184 g/mol. The van der Waals surface area contributed by atoms with Crippen LogP contribution in [0.2, 0.25) is 0 Å². The Morgan fingerprint density at radius 3 is 2.08 bits per heavy atom. The van der Waals surface area contributed by atoms with E-state index in [2.05, 4.69) is 20.8 Å². The third-order valence-corrected chi connectivity index (χ3v) is 2.27. The molecule has 0 aliphatic rings. The van der Waals surface area contributed by atoms with Gasteiger partial charge in [0.25, 0.3) is 0 Å². The lowest BCUT2D eigenvalue weighted by Gasteiger charge is -2.07. The summed E-state index contributed by atoms with van der Waals surface area (Å²) in [7, 11) is 0. The quantitative estimate of drug-likeness (QED) is 0.423. The molecule has 0 atom stereocenters. The Bertz CT molecular complexity index is 143. The molecule has 13 heavy (non-hydrogen) atoms. The van der Waals surface area contributed by atoms with Gasteiger partial charge in [0.2, 0.25) is 0 Å². The van der Waals surface area contributed by atoms with Crippen molar-refractivity contribution in [2.75, 3.05) is 6.61 Å². The Hall–Kier alpha value is -0.460. The second kappa shape index (κ2) is 8.15. The molecule has 1 heteroatoms. The van der Waals surface area contributed by atoms with Crippen molar-refractivity contribution in [3.63, 3.8) is 0 Å². The van der Waals surface area contributed by atoms with Gasteiger partial charge < -0.3 is 4.74 Å². The Balaban J connectivity index is 3.22. The van der Waals surface area contributed by atoms with Crippen LogP contribution >= 0.6 is 0 Å². The van der Waals surface area contributed by atoms with Crippen LogP contribution in [0.25, 0.3) is 0 Å². The average Bonchev–Trinajstić information content (AvgIpc) is 2.10. The number of hydrogen-bond acceptors (Lipinski definition) is 1. The fourth-order valence-electron chi connectivity index (χ4n) is 1.08. The zero-order chi connectivity index (χ0) is 10.1. The van der Waals surface area contributed by atoms with E-state index in [0.717, 1.165) is 12.4 Å². The van der Waals surface area contributed by atoms with Gasteiger partial charge in [-0.15, -0.1) is 0 Å². The minimum Gasteiger partial charge on any atom is -0.498 e. The molecule has 0 radical (unpaired) electrons. The van der Waals surface area contributed by atoms with Crippen LogP contribution in [-0.4, -0.2) is 6.61 Å². The van der Waals surface area contributed by atoms with E-state index in [1.54, 1.807) is 0 Å². The highest BCUT2D eigenvalue weighted by molar-refractivity contribution is 4.98. The van der Waals surface area contributed by atoms with Gasteiger partial charge >= 0.3 is 0 Å². The molecule has 0 aliphatic heterocycles. The Morgan fingerprint density at radius 2 is 1.54 bits per heavy atom. The predicted octanol–water partition coefficient (Wildman–Crippen LogP) is 4.29. The van der Waals surface area contributed by atoms with Gasteiger partial charge in [-0.05, 0) is 32.8 Å². The lowest BCUT2D eigenvalue weighted by atomic mass is 10.2. The molecule has 0 unspecified atom stereocenters. The van der Waals surface area contributed by atoms with E-state index >= 15 is 0 Å². The van der Waals surface area contributed by atoms with E-state index in [9.17, 15) is 0 Å². The average molecular weight is 184 g/mol. The molecule has 0 amide bonds. The molecule has 0 saturated carbocycles.